The molecule has 1 aromatic heterocycles. The molecule has 0 bridgehead atoms. The highest BCUT2D eigenvalue weighted by Crippen LogP contribution is 2.08. The van der Waals surface area contributed by atoms with Crippen LogP contribution in [0.2, 0.25) is 0 Å². The van der Waals surface area contributed by atoms with Crippen molar-refractivity contribution in [2.45, 2.75) is 0 Å². The van der Waals surface area contributed by atoms with Crippen molar-refractivity contribution in [2.24, 2.45) is 0 Å². The zero-order chi connectivity index (χ0) is 9.90. The number of hydrogen-bond donors (Lipinski definition) is 1. The van der Waals surface area contributed by atoms with E-state index in [0.717, 1.165) is 12.3 Å². The number of anilines is 1. The second kappa shape index (κ2) is 3.89. The Morgan fingerprint density at radius 2 is 2.23 bits per heavy atom. The van der Waals surface area contributed by atoms with Gasteiger partial charge in [0, 0.05) is 0 Å². The maximum Gasteiger partial charge on any atom is 0.246 e. The Morgan fingerprint density at radius 3 is 2.69 bits per heavy atom. The van der Waals surface area contributed by atoms with E-state index >= 15 is 0 Å². The number of aromatic nitrogens is 1. The molecule has 0 unspecified atom stereocenters. The molecule has 0 aliphatic carbocycles. The average Bonchev–Trinajstić information content (AvgIpc) is 2.09. The summed E-state index contributed by atoms with van der Waals surface area (Å²) in [5.41, 5.74) is 0.182. The largest absolute Gasteiger partial charge is 0.281 e. The third kappa shape index (κ3) is 3.16. The standard InChI is InChI=1S/C6H6ClFN2O2S/c7-4-13(11,12)10-5-1-2-6(8)9-3-5/h1-3,10H,4H2. The lowest BCUT2D eigenvalue weighted by Crippen LogP contribution is -2.13. The quantitative estimate of drug-likeness (QED) is 0.619. The molecule has 0 saturated carbocycles. The summed E-state index contributed by atoms with van der Waals surface area (Å²) in [5.74, 6) is -0.672. The third-order valence-corrected chi connectivity index (χ3v) is 2.84. The fraction of sp³-hybridized carbons (Fsp3) is 0.167. The SMILES string of the molecule is O=S(=O)(CCl)Nc1ccc(F)nc1. The first-order chi connectivity index (χ1) is 6.03. The maximum atomic E-state index is 12.3. The topological polar surface area (TPSA) is 59.1 Å². The van der Waals surface area contributed by atoms with E-state index in [-0.39, 0.29) is 5.69 Å². The summed E-state index contributed by atoms with van der Waals surface area (Å²) in [6.45, 7) is 0. The van der Waals surface area contributed by atoms with E-state index in [0.29, 0.717) is 0 Å². The first-order valence-electron chi connectivity index (χ1n) is 3.21. The molecule has 1 N–H and O–H groups in total. The number of sulfonamides is 1. The molecule has 0 aliphatic heterocycles. The van der Waals surface area contributed by atoms with Gasteiger partial charge in [0.15, 0.2) is 0 Å². The van der Waals surface area contributed by atoms with E-state index in [1.54, 1.807) is 0 Å². The van der Waals surface area contributed by atoms with Crippen LogP contribution in [0.4, 0.5) is 10.1 Å². The molecule has 1 aromatic rings. The average molecular weight is 225 g/mol. The molecular formula is C6H6ClFN2O2S. The molecule has 0 radical (unpaired) electrons. The van der Waals surface area contributed by atoms with Crippen molar-refractivity contribution < 1.29 is 12.8 Å². The second-order valence-corrected chi connectivity index (χ2v) is 4.50. The normalized spacial score (nSPS) is 11.2. The number of rotatable bonds is 3. The molecule has 0 spiro atoms. The van der Waals surface area contributed by atoms with Crippen LogP contribution in [0.5, 0.6) is 0 Å². The molecule has 0 fully saturated rings. The molecule has 0 aromatic carbocycles. The van der Waals surface area contributed by atoms with E-state index in [4.69, 9.17) is 11.6 Å². The van der Waals surface area contributed by atoms with Gasteiger partial charge in [-0.1, -0.05) is 0 Å². The Hall–Kier alpha value is -0.880. The highest BCUT2D eigenvalue weighted by atomic mass is 35.5. The molecule has 7 heteroatoms. The summed E-state index contributed by atoms with van der Waals surface area (Å²) in [4.78, 5) is 3.26. The van der Waals surface area contributed by atoms with Crippen molar-refractivity contribution >= 4 is 27.3 Å². The van der Waals surface area contributed by atoms with Gasteiger partial charge >= 0.3 is 0 Å². The van der Waals surface area contributed by atoms with Gasteiger partial charge in [0.25, 0.3) is 0 Å². The maximum absolute atomic E-state index is 12.3. The first-order valence-corrected chi connectivity index (χ1v) is 5.40. The molecule has 1 rings (SSSR count). The summed E-state index contributed by atoms with van der Waals surface area (Å²) in [5, 5.41) is -0.551. The summed E-state index contributed by atoms with van der Waals surface area (Å²) in [7, 11) is -3.53. The van der Waals surface area contributed by atoms with E-state index in [1.807, 2.05) is 0 Å². The zero-order valence-corrected chi connectivity index (χ0v) is 7.94. The van der Waals surface area contributed by atoms with Gasteiger partial charge in [-0.05, 0) is 12.1 Å². The van der Waals surface area contributed by atoms with Crippen molar-refractivity contribution in [3.05, 3.63) is 24.3 Å². The van der Waals surface area contributed by atoms with E-state index in [9.17, 15) is 12.8 Å². The molecule has 0 saturated heterocycles. The van der Waals surface area contributed by atoms with Gasteiger partial charge in [-0.15, -0.1) is 11.6 Å². The molecule has 0 atom stereocenters. The fourth-order valence-corrected chi connectivity index (χ4v) is 1.34. The molecule has 13 heavy (non-hydrogen) atoms. The molecule has 72 valence electrons. The highest BCUT2D eigenvalue weighted by molar-refractivity contribution is 7.93. The predicted molar refractivity (Wildman–Crippen MR) is 47.5 cm³/mol. The van der Waals surface area contributed by atoms with Crippen molar-refractivity contribution in [3.63, 3.8) is 0 Å². The van der Waals surface area contributed by atoms with Crippen molar-refractivity contribution in [2.75, 3.05) is 9.93 Å². The van der Waals surface area contributed by atoms with Crippen molar-refractivity contribution in [1.29, 1.82) is 0 Å². The Labute approximate surface area is 79.8 Å². The Bertz CT molecular complexity index is 378. The molecule has 1 heterocycles. The molecular weight excluding hydrogens is 219 g/mol. The Kier molecular flexibility index (Phi) is 3.05. The number of alkyl halides is 1. The third-order valence-electron chi connectivity index (χ3n) is 1.14. The van der Waals surface area contributed by atoms with Crippen molar-refractivity contribution in [3.8, 4) is 0 Å². The number of hydrogen-bond acceptors (Lipinski definition) is 3. The Balaban J connectivity index is 2.82. The van der Waals surface area contributed by atoms with Gasteiger partial charge in [0.1, 0.15) is 5.21 Å². The predicted octanol–water partition coefficient (Wildman–Crippen LogP) is 1.16. The van der Waals surface area contributed by atoms with Gasteiger partial charge in [-0.3, -0.25) is 4.72 Å². The molecule has 4 nitrogen and oxygen atoms in total. The van der Waals surface area contributed by atoms with E-state index in [2.05, 4.69) is 9.71 Å². The Morgan fingerprint density at radius 1 is 1.54 bits per heavy atom. The molecule has 0 aliphatic rings. The molecule has 0 amide bonds. The summed E-state index contributed by atoms with van der Waals surface area (Å²) < 4.78 is 36.2. The number of nitrogens with one attached hydrogen (secondary N) is 1. The van der Waals surface area contributed by atoms with E-state index < -0.39 is 21.2 Å². The lowest BCUT2D eigenvalue weighted by Gasteiger charge is -2.03. The number of nitrogens with zero attached hydrogens (tertiary/aromatic N) is 1. The van der Waals surface area contributed by atoms with Gasteiger partial charge in [0.05, 0.1) is 11.9 Å². The van der Waals surface area contributed by atoms with Crippen LogP contribution in [0.3, 0.4) is 0 Å². The number of pyridine rings is 1. The smallest absolute Gasteiger partial charge is 0.246 e. The van der Waals surface area contributed by atoms with Crippen LogP contribution in [0.15, 0.2) is 18.3 Å². The lowest BCUT2D eigenvalue weighted by atomic mass is 10.4. The monoisotopic (exact) mass is 224 g/mol. The van der Waals surface area contributed by atoms with Crippen LogP contribution in [0.25, 0.3) is 0 Å². The van der Waals surface area contributed by atoms with Crippen molar-refractivity contribution in [1.82, 2.24) is 4.98 Å². The summed E-state index contributed by atoms with van der Waals surface area (Å²) in [6.07, 6.45) is 1.07. The van der Waals surface area contributed by atoms with Crippen LogP contribution in [0, 0.1) is 5.95 Å². The van der Waals surface area contributed by atoms with Gasteiger partial charge < -0.3 is 0 Å². The lowest BCUT2D eigenvalue weighted by molar-refractivity contribution is 0.583. The van der Waals surface area contributed by atoms with Gasteiger partial charge in [-0.25, -0.2) is 13.4 Å². The van der Waals surface area contributed by atoms with Gasteiger partial charge in [0.2, 0.25) is 16.0 Å². The van der Waals surface area contributed by atoms with E-state index in [1.165, 1.54) is 6.07 Å². The van der Waals surface area contributed by atoms with Crippen LogP contribution in [-0.4, -0.2) is 18.6 Å². The minimum absolute atomic E-state index is 0.182. The summed E-state index contributed by atoms with van der Waals surface area (Å²) >= 11 is 5.13. The summed E-state index contributed by atoms with van der Waals surface area (Å²) in [6, 6.07) is 2.30. The minimum Gasteiger partial charge on any atom is -0.281 e. The van der Waals surface area contributed by atoms with Gasteiger partial charge in [-0.2, -0.15) is 4.39 Å². The van der Waals surface area contributed by atoms with Crippen LogP contribution in [0.1, 0.15) is 0 Å². The highest BCUT2D eigenvalue weighted by Gasteiger charge is 2.07. The minimum atomic E-state index is -3.53. The fourth-order valence-electron chi connectivity index (χ4n) is 0.643. The number of halogens is 2. The first kappa shape index (κ1) is 10.2. The van der Waals surface area contributed by atoms with Crippen LogP contribution < -0.4 is 4.72 Å². The zero-order valence-electron chi connectivity index (χ0n) is 6.37. The van der Waals surface area contributed by atoms with Crippen LogP contribution in [-0.2, 0) is 10.0 Å². The second-order valence-electron chi connectivity index (χ2n) is 2.20. The van der Waals surface area contributed by atoms with Crippen LogP contribution >= 0.6 is 11.6 Å².